The van der Waals surface area contributed by atoms with Gasteiger partial charge < -0.3 is 10.1 Å². The number of benzene rings is 1. The Balaban J connectivity index is 3.24. The Labute approximate surface area is 145 Å². The maximum Gasteiger partial charge on any atom is 0.243 e. The summed E-state index contributed by atoms with van der Waals surface area (Å²) in [6, 6.07) is 4.53. The van der Waals surface area contributed by atoms with E-state index in [9.17, 15) is 13.2 Å². The van der Waals surface area contributed by atoms with Gasteiger partial charge in [0.1, 0.15) is 5.75 Å². The van der Waals surface area contributed by atoms with Crippen molar-refractivity contribution >= 4 is 21.6 Å². The molecule has 24 heavy (non-hydrogen) atoms. The Morgan fingerprint density at radius 2 is 1.75 bits per heavy atom. The Morgan fingerprint density at radius 3 is 2.21 bits per heavy atom. The molecule has 1 amide bonds. The van der Waals surface area contributed by atoms with Crippen molar-refractivity contribution in [2.45, 2.75) is 45.4 Å². The van der Waals surface area contributed by atoms with Crippen LogP contribution in [0.2, 0.25) is 0 Å². The second kappa shape index (κ2) is 9.03. The van der Waals surface area contributed by atoms with Gasteiger partial charge in [0.25, 0.3) is 0 Å². The molecule has 0 heterocycles. The monoisotopic (exact) mass is 356 g/mol. The molecule has 7 heteroatoms. The van der Waals surface area contributed by atoms with Gasteiger partial charge >= 0.3 is 0 Å². The predicted octanol–water partition coefficient (Wildman–Crippen LogP) is 3.10. The van der Waals surface area contributed by atoms with Crippen molar-refractivity contribution in [1.29, 1.82) is 0 Å². The number of carbonyl (C=O) groups is 1. The van der Waals surface area contributed by atoms with Crippen LogP contribution in [0.1, 0.15) is 40.5 Å². The van der Waals surface area contributed by atoms with Crippen LogP contribution in [0.5, 0.6) is 5.75 Å². The van der Waals surface area contributed by atoms with Crippen LogP contribution in [0.15, 0.2) is 23.1 Å². The van der Waals surface area contributed by atoms with Gasteiger partial charge in [-0.25, -0.2) is 8.42 Å². The fourth-order valence-electron chi connectivity index (χ4n) is 2.55. The maximum absolute atomic E-state index is 12.7. The predicted molar refractivity (Wildman–Crippen MR) is 95.8 cm³/mol. The number of ether oxygens (including phenoxy) is 1. The Bertz CT molecular complexity index is 651. The molecule has 0 bridgehead atoms. The molecule has 0 aliphatic rings. The summed E-state index contributed by atoms with van der Waals surface area (Å²) >= 11 is 0. The van der Waals surface area contributed by atoms with Crippen LogP contribution < -0.4 is 10.1 Å². The Kier molecular flexibility index (Phi) is 7.69. The number of carbonyl (C=O) groups excluding carboxylic acids is 1. The number of nitrogens with one attached hydrogen (secondary N) is 1. The first-order valence-electron chi connectivity index (χ1n) is 8.34. The average molecular weight is 356 g/mol. The van der Waals surface area contributed by atoms with E-state index < -0.39 is 10.0 Å². The number of anilines is 1. The van der Waals surface area contributed by atoms with E-state index in [2.05, 4.69) is 5.32 Å². The van der Waals surface area contributed by atoms with Crippen molar-refractivity contribution in [1.82, 2.24) is 4.31 Å². The normalized spacial score (nSPS) is 11.8. The van der Waals surface area contributed by atoms with Gasteiger partial charge in [0.05, 0.1) is 17.7 Å². The van der Waals surface area contributed by atoms with Gasteiger partial charge in [0, 0.05) is 19.0 Å². The van der Waals surface area contributed by atoms with Gasteiger partial charge in [0.15, 0.2) is 0 Å². The summed E-state index contributed by atoms with van der Waals surface area (Å²) in [5.74, 6) is 0.196. The molecular weight excluding hydrogens is 328 g/mol. The van der Waals surface area contributed by atoms with E-state index in [4.69, 9.17) is 4.74 Å². The fraction of sp³-hybridized carbons (Fsp3) is 0.588. The van der Waals surface area contributed by atoms with E-state index in [1.54, 1.807) is 19.9 Å². The van der Waals surface area contributed by atoms with Crippen molar-refractivity contribution in [2.24, 2.45) is 5.92 Å². The van der Waals surface area contributed by atoms with Crippen molar-refractivity contribution in [3.8, 4) is 5.75 Å². The van der Waals surface area contributed by atoms with Crippen LogP contribution >= 0.6 is 0 Å². The third-order valence-corrected chi connectivity index (χ3v) is 6.17. The van der Waals surface area contributed by atoms with Gasteiger partial charge in [-0.1, -0.05) is 27.7 Å². The van der Waals surface area contributed by atoms with Crippen LogP contribution in [0.4, 0.5) is 5.69 Å². The average Bonchev–Trinajstić information content (AvgIpc) is 2.56. The molecule has 136 valence electrons. The van der Waals surface area contributed by atoms with Gasteiger partial charge in [-0.05, 0) is 31.0 Å². The summed E-state index contributed by atoms with van der Waals surface area (Å²) in [6.45, 7) is 8.26. The van der Waals surface area contributed by atoms with Crippen molar-refractivity contribution < 1.29 is 17.9 Å². The minimum Gasteiger partial charge on any atom is -0.495 e. The molecule has 6 nitrogen and oxygen atoms in total. The van der Waals surface area contributed by atoms with E-state index >= 15 is 0 Å². The highest BCUT2D eigenvalue weighted by atomic mass is 32.2. The highest BCUT2D eigenvalue weighted by Crippen LogP contribution is 2.29. The third kappa shape index (κ3) is 4.48. The molecule has 1 rings (SSSR count). The molecule has 0 aromatic heterocycles. The molecule has 0 spiro atoms. The first kappa shape index (κ1) is 20.4. The number of rotatable bonds is 9. The standard InChI is InChI=1S/C17H28N2O4S/c1-6-13(7-2)17(20)18-15-12-14(10-11-16(15)23-5)24(21,22)19(8-3)9-4/h10-13H,6-9H2,1-5H3,(H,18,20). The number of amides is 1. The molecule has 0 atom stereocenters. The summed E-state index contributed by atoms with van der Waals surface area (Å²) in [5, 5.41) is 2.80. The molecule has 0 aliphatic heterocycles. The summed E-state index contributed by atoms with van der Waals surface area (Å²) in [6.07, 6.45) is 1.45. The van der Waals surface area contributed by atoms with Crippen LogP contribution in [0.3, 0.4) is 0 Å². The van der Waals surface area contributed by atoms with Crippen LogP contribution in [-0.4, -0.2) is 38.8 Å². The first-order chi connectivity index (χ1) is 11.3. The van der Waals surface area contributed by atoms with Crippen molar-refractivity contribution in [3.63, 3.8) is 0 Å². The molecule has 0 saturated heterocycles. The minimum atomic E-state index is -3.59. The molecule has 0 radical (unpaired) electrons. The molecule has 0 saturated carbocycles. The quantitative estimate of drug-likeness (QED) is 0.738. The summed E-state index contributed by atoms with van der Waals surface area (Å²) < 4.78 is 31.9. The third-order valence-electron chi connectivity index (χ3n) is 4.13. The Morgan fingerprint density at radius 1 is 1.17 bits per heavy atom. The first-order valence-corrected chi connectivity index (χ1v) is 9.78. The highest BCUT2D eigenvalue weighted by molar-refractivity contribution is 7.89. The summed E-state index contributed by atoms with van der Waals surface area (Å²) in [7, 11) is -2.10. The maximum atomic E-state index is 12.7. The lowest BCUT2D eigenvalue weighted by Gasteiger charge is -2.20. The SMILES string of the molecule is CCC(CC)C(=O)Nc1cc(S(=O)(=O)N(CC)CC)ccc1OC. The Hall–Kier alpha value is -1.60. The summed E-state index contributed by atoms with van der Waals surface area (Å²) in [4.78, 5) is 12.5. The van der Waals surface area contributed by atoms with Gasteiger partial charge in [-0.2, -0.15) is 4.31 Å². The van der Waals surface area contributed by atoms with Crippen LogP contribution in [0, 0.1) is 5.92 Å². The van der Waals surface area contributed by atoms with E-state index in [0.717, 1.165) is 12.8 Å². The molecule has 0 fully saturated rings. The number of hydrogen-bond acceptors (Lipinski definition) is 4. The van der Waals surface area contributed by atoms with E-state index in [1.807, 2.05) is 13.8 Å². The zero-order valence-corrected chi connectivity index (χ0v) is 15.9. The highest BCUT2D eigenvalue weighted by Gasteiger charge is 2.24. The lowest BCUT2D eigenvalue weighted by Crippen LogP contribution is -2.30. The van der Waals surface area contributed by atoms with Crippen molar-refractivity contribution in [2.75, 3.05) is 25.5 Å². The number of sulfonamides is 1. The number of nitrogens with zero attached hydrogens (tertiary/aromatic N) is 1. The summed E-state index contributed by atoms with van der Waals surface area (Å²) in [5.41, 5.74) is 0.377. The zero-order valence-electron chi connectivity index (χ0n) is 15.1. The van der Waals surface area contributed by atoms with E-state index in [0.29, 0.717) is 24.5 Å². The minimum absolute atomic E-state index is 0.113. The fourth-order valence-corrected chi connectivity index (χ4v) is 4.04. The zero-order chi connectivity index (χ0) is 18.3. The van der Waals surface area contributed by atoms with Crippen LogP contribution in [-0.2, 0) is 14.8 Å². The number of hydrogen-bond donors (Lipinski definition) is 1. The number of methoxy groups -OCH3 is 1. The molecule has 0 unspecified atom stereocenters. The largest absolute Gasteiger partial charge is 0.495 e. The molecule has 1 aromatic carbocycles. The van der Waals surface area contributed by atoms with Gasteiger partial charge in [-0.3, -0.25) is 4.79 Å². The van der Waals surface area contributed by atoms with Crippen molar-refractivity contribution in [3.05, 3.63) is 18.2 Å². The lowest BCUT2D eigenvalue weighted by molar-refractivity contribution is -0.120. The topological polar surface area (TPSA) is 75.7 Å². The van der Waals surface area contributed by atoms with Crippen LogP contribution in [0.25, 0.3) is 0 Å². The molecule has 0 aliphatic carbocycles. The lowest BCUT2D eigenvalue weighted by atomic mass is 10.0. The van der Waals surface area contributed by atoms with E-state index in [1.165, 1.54) is 23.5 Å². The molecular formula is C17H28N2O4S. The smallest absolute Gasteiger partial charge is 0.243 e. The second-order valence-electron chi connectivity index (χ2n) is 5.45. The van der Waals surface area contributed by atoms with E-state index in [-0.39, 0.29) is 16.7 Å². The molecule has 1 aromatic rings. The second-order valence-corrected chi connectivity index (χ2v) is 7.39. The van der Waals surface area contributed by atoms with Gasteiger partial charge in [-0.15, -0.1) is 0 Å². The molecule has 1 N–H and O–H groups in total. The van der Waals surface area contributed by atoms with Gasteiger partial charge in [0.2, 0.25) is 15.9 Å².